The predicted octanol–water partition coefficient (Wildman–Crippen LogP) is 2.01. The SMILES string of the molecule is CN(CC(=O)Nc1cc(F)ccc1F)C1CCNCC1.Cl. The van der Waals surface area contributed by atoms with Crippen LogP contribution in [-0.4, -0.2) is 43.5 Å². The highest BCUT2D eigenvalue weighted by molar-refractivity contribution is 5.92. The molecule has 1 aliphatic rings. The van der Waals surface area contributed by atoms with Gasteiger partial charge in [-0.25, -0.2) is 8.78 Å². The average Bonchev–Trinajstić information content (AvgIpc) is 2.43. The van der Waals surface area contributed by atoms with Crippen LogP contribution in [0.2, 0.25) is 0 Å². The molecule has 21 heavy (non-hydrogen) atoms. The second-order valence-corrected chi connectivity index (χ2v) is 5.07. The van der Waals surface area contributed by atoms with Gasteiger partial charge in [-0.2, -0.15) is 0 Å². The third kappa shape index (κ3) is 5.22. The van der Waals surface area contributed by atoms with E-state index in [-0.39, 0.29) is 30.5 Å². The van der Waals surface area contributed by atoms with E-state index >= 15 is 0 Å². The molecule has 0 aliphatic carbocycles. The summed E-state index contributed by atoms with van der Waals surface area (Å²) in [5, 5.41) is 5.67. The summed E-state index contributed by atoms with van der Waals surface area (Å²) in [6.45, 7) is 2.05. The molecule has 1 aliphatic heterocycles. The van der Waals surface area contributed by atoms with E-state index in [2.05, 4.69) is 10.6 Å². The number of likely N-dealkylation sites (N-methyl/N-ethyl adjacent to an activating group) is 1. The average molecular weight is 320 g/mol. The van der Waals surface area contributed by atoms with Gasteiger partial charge in [0.05, 0.1) is 12.2 Å². The van der Waals surface area contributed by atoms with E-state index in [0.717, 1.165) is 44.1 Å². The first-order valence-electron chi connectivity index (χ1n) is 6.72. The first kappa shape index (κ1) is 17.8. The van der Waals surface area contributed by atoms with Gasteiger partial charge in [0.25, 0.3) is 0 Å². The minimum atomic E-state index is -0.635. The molecule has 0 bridgehead atoms. The fraction of sp³-hybridized carbons (Fsp3) is 0.500. The van der Waals surface area contributed by atoms with Gasteiger partial charge < -0.3 is 10.6 Å². The second-order valence-electron chi connectivity index (χ2n) is 5.07. The molecule has 2 rings (SSSR count). The van der Waals surface area contributed by atoms with Crippen LogP contribution in [0.3, 0.4) is 0 Å². The van der Waals surface area contributed by atoms with Gasteiger partial charge in [0.15, 0.2) is 0 Å². The number of piperidine rings is 1. The van der Waals surface area contributed by atoms with Crippen LogP contribution in [0.5, 0.6) is 0 Å². The summed E-state index contributed by atoms with van der Waals surface area (Å²) >= 11 is 0. The van der Waals surface area contributed by atoms with Crippen LogP contribution in [-0.2, 0) is 4.79 Å². The monoisotopic (exact) mass is 319 g/mol. The smallest absolute Gasteiger partial charge is 0.238 e. The topological polar surface area (TPSA) is 44.4 Å². The van der Waals surface area contributed by atoms with Gasteiger partial charge in [-0.15, -0.1) is 12.4 Å². The lowest BCUT2D eigenvalue weighted by Crippen LogP contribution is -2.44. The van der Waals surface area contributed by atoms with E-state index in [1.807, 2.05) is 11.9 Å². The van der Waals surface area contributed by atoms with Crippen molar-refractivity contribution >= 4 is 24.0 Å². The Kier molecular flexibility index (Phi) is 7.01. The number of carbonyl (C=O) groups is 1. The van der Waals surface area contributed by atoms with Crippen molar-refractivity contribution in [3.63, 3.8) is 0 Å². The van der Waals surface area contributed by atoms with Crippen LogP contribution < -0.4 is 10.6 Å². The Morgan fingerprint density at radius 1 is 1.38 bits per heavy atom. The van der Waals surface area contributed by atoms with Crippen molar-refractivity contribution in [3.05, 3.63) is 29.8 Å². The first-order valence-corrected chi connectivity index (χ1v) is 6.72. The normalized spacial score (nSPS) is 15.6. The summed E-state index contributed by atoms with van der Waals surface area (Å²) in [6, 6.07) is 3.35. The molecule has 1 aromatic rings. The zero-order valence-corrected chi connectivity index (χ0v) is 12.7. The largest absolute Gasteiger partial charge is 0.322 e. The number of carbonyl (C=O) groups excluding carboxylic acids is 1. The molecule has 0 unspecified atom stereocenters. The lowest BCUT2D eigenvalue weighted by molar-refractivity contribution is -0.117. The second kappa shape index (κ2) is 8.26. The maximum Gasteiger partial charge on any atom is 0.238 e. The number of nitrogens with one attached hydrogen (secondary N) is 2. The van der Waals surface area contributed by atoms with Crippen molar-refractivity contribution in [2.75, 3.05) is 32.0 Å². The van der Waals surface area contributed by atoms with Crippen LogP contribution in [0.4, 0.5) is 14.5 Å². The molecule has 7 heteroatoms. The number of rotatable bonds is 4. The maximum absolute atomic E-state index is 13.4. The van der Waals surface area contributed by atoms with Crippen LogP contribution in [0.15, 0.2) is 18.2 Å². The standard InChI is InChI=1S/C14H19F2N3O.ClH/c1-19(11-4-6-17-7-5-11)9-14(20)18-13-8-10(15)2-3-12(13)16;/h2-3,8,11,17H,4-7,9H2,1H3,(H,18,20);1H. The molecule has 0 saturated carbocycles. The van der Waals surface area contributed by atoms with Crippen molar-refractivity contribution in [3.8, 4) is 0 Å². The Morgan fingerprint density at radius 2 is 2.05 bits per heavy atom. The summed E-state index contributed by atoms with van der Waals surface area (Å²) < 4.78 is 26.4. The number of amides is 1. The van der Waals surface area contributed by atoms with E-state index in [1.165, 1.54) is 0 Å². The number of anilines is 1. The Balaban J connectivity index is 0.00000220. The number of nitrogens with zero attached hydrogens (tertiary/aromatic N) is 1. The zero-order chi connectivity index (χ0) is 14.5. The summed E-state index contributed by atoms with van der Waals surface area (Å²) in [4.78, 5) is 13.8. The van der Waals surface area contributed by atoms with Gasteiger partial charge in [-0.05, 0) is 45.1 Å². The van der Waals surface area contributed by atoms with Crippen LogP contribution >= 0.6 is 12.4 Å². The Labute approximate surface area is 129 Å². The van der Waals surface area contributed by atoms with Gasteiger partial charge in [-0.1, -0.05) is 0 Å². The van der Waals surface area contributed by atoms with E-state index in [4.69, 9.17) is 0 Å². The summed E-state index contributed by atoms with van der Waals surface area (Å²) in [5.74, 6) is -1.55. The van der Waals surface area contributed by atoms with Gasteiger partial charge in [0.2, 0.25) is 5.91 Å². The fourth-order valence-corrected chi connectivity index (χ4v) is 2.39. The quantitative estimate of drug-likeness (QED) is 0.892. The van der Waals surface area contributed by atoms with E-state index in [0.29, 0.717) is 6.04 Å². The molecule has 0 radical (unpaired) electrons. The molecule has 0 aromatic heterocycles. The molecule has 4 nitrogen and oxygen atoms in total. The first-order chi connectivity index (χ1) is 9.56. The van der Waals surface area contributed by atoms with Gasteiger partial charge in [0.1, 0.15) is 11.6 Å². The maximum atomic E-state index is 13.4. The molecule has 0 atom stereocenters. The molecule has 1 amide bonds. The number of halogens is 3. The van der Waals surface area contributed by atoms with Crippen LogP contribution in [0.1, 0.15) is 12.8 Å². The van der Waals surface area contributed by atoms with Crippen molar-refractivity contribution in [2.45, 2.75) is 18.9 Å². The minimum Gasteiger partial charge on any atom is -0.322 e. The molecule has 118 valence electrons. The molecule has 1 fully saturated rings. The van der Waals surface area contributed by atoms with E-state index in [9.17, 15) is 13.6 Å². The molecule has 1 aromatic carbocycles. The molecular weight excluding hydrogens is 300 g/mol. The highest BCUT2D eigenvalue weighted by Crippen LogP contribution is 2.15. The number of benzene rings is 1. The van der Waals surface area contributed by atoms with Crippen LogP contribution in [0, 0.1) is 11.6 Å². The lowest BCUT2D eigenvalue weighted by atomic mass is 10.1. The lowest BCUT2D eigenvalue weighted by Gasteiger charge is -2.31. The van der Waals surface area contributed by atoms with Gasteiger partial charge in [-0.3, -0.25) is 9.69 Å². The summed E-state index contributed by atoms with van der Waals surface area (Å²) in [7, 11) is 1.87. The fourth-order valence-electron chi connectivity index (χ4n) is 2.39. The molecular formula is C14H20ClF2N3O. The molecule has 1 saturated heterocycles. The van der Waals surface area contributed by atoms with Gasteiger partial charge in [0, 0.05) is 12.1 Å². The molecule has 0 spiro atoms. The third-order valence-corrected chi connectivity index (χ3v) is 3.53. The minimum absolute atomic E-state index is 0. The summed E-state index contributed by atoms with van der Waals surface area (Å²) in [6.07, 6.45) is 1.97. The predicted molar refractivity (Wildman–Crippen MR) is 80.8 cm³/mol. The highest BCUT2D eigenvalue weighted by Gasteiger charge is 2.20. The molecule has 2 N–H and O–H groups in total. The van der Waals surface area contributed by atoms with Crippen molar-refractivity contribution in [2.24, 2.45) is 0 Å². The summed E-state index contributed by atoms with van der Waals surface area (Å²) in [5.41, 5.74) is -0.117. The Bertz CT molecular complexity index is 481. The van der Waals surface area contributed by atoms with Gasteiger partial charge >= 0.3 is 0 Å². The molecule has 1 heterocycles. The van der Waals surface area contributed by atoms with Crippen molar-refractivity contribution < 1.29 is 13.6 Å². The number of hydrogen-bond donors (Lipinski definition) is 2. The highest BCUT2D eigenvalue weighted by atomic mass is 35.5. The zero-order valence-electron chi connectivity index (χ0n) is 11.9. The van der Waals surface area contributed by atoms with Crippen molar-refractivity contribution in [1.82, 2.24) is 10.2 Å². The Morgan fingerprint density at radius 3 is 2.71 bits per heavy atom. The Hall–Kier alpha value is -1.24. The van der Waals surface area contributed by atoms with Crippen molar-refractivity contribution in [1.29, 1.82) is 0 Å². The number of hydrogen-bond acceptors (Lipinski definition) is 3. The third-order valence-electron chi connectivity index (χ3n) is 3.53. The van der Waals surface area contributed by atoms with E-state index in [1.54, 1.807) is 0 Å². The van der Waals surface area contributed by atoms with E-state index < -0.39 is 11.6 Å². The van der Waals surface area contributed by atoms with Crippen LogP contribution in [0.25, 0.3) is 0 Å².